The standard InChI is InChI=1S/C24H17BNO3/c27-25-29-20-13-10-18(11-14-20)26(17-6-2-1-3-7-17)19-12-15-22-21-8-4-5-9-23(21)28-24(22)16-19/h1-16,27H. The first kappa shape index (κ1) is 17.4. The first-order valence-corrected chi connectivity index (χ1v) is 9.32. The summed E-state index contributed by atoms with van der Waals surface area (Å²) in [6.45, 7) is 0. The van der Waals surface area contributed by atoms with Crippen LogP contribution in [0.4, 0.5) is 17.1 Å². The van der Waals surface area contributed by atoms with Gasteiger partial charge in [0.25, 0.3) is 0 Å². The van der Waals surface area contributed by atoms with Gasteiger partial charge in [-0.2, -0.15) is 0 Å². The monoisotopic (exact) mass is 378 g/mol. The summed E-state index contributed by atoms with van der Waals surface area (Å²) in [4.78, 5) is 2.15. The van der Waals surface area contributed by atoms with Crippen LogP contribution in [0.3, 0.4) is 0 Å². The average molecular weight is 378 g/mol. The van der Waals surface area contributed by atoms with Gasteiger partial charge in [0.05, 0.1) is 0 Å². The zero-order chi connectivity index (χ0) is 19.6. The third-order valence-corrected chi connectivity index (χ3v) is 4.92. The molecular weight excluding hydrogens is 361 g/mol. The summed E-state index contributed by atoms with van der Waals surface area (Å²) in [5, 5.41) is 11.1. The Labute approximate surface area is 168 Å². The van der Waals surface area contributed by atoms with Gasteiger partial charge in [0.1, 0.15) is 16.9 Å². The van der Waals surface area contributed by atoms with Crippen molar-refractivity contribution < 1.29 is 14.1 Å². The third kappa shape index (κ3) is 3.22. The maximum absolute atomic E-state index is 8.85. The van der Waals surface area contributed by atoms with E-state index in [1.54, 1.807) is 0 Å². The molecule has 1 radical (unpaired) electrons. The number of furan rings is 1. The molecule has 0 atom stereocenters. The Morgan fingerprint density at radius 3 is 2.10 bits per heavy atom. The van der Waals surface area contributed by atoms with Crippen molar-refractivity contribution in [2.24, 2.45) is 0 Å². The summed E-state index contributed by atoms with van der Waals surface area (Å²) in [5.74, 6) is 0.567. The highest BCUT2D eigenvalue weighted by Crippen LogP contribution is 2.38. The number of hydrogen-bond acceptors (Lipinski definition) is 4. The third-order valence-electron chi connectivity index (χ3n) is 4.92. The Hall–Kier alpha value is -3.70. The van der Waals surface area contributed by atoms with Crippen LogP contribution in [0.1, 0.15) is 0 Å². The normalized spacial score (nSPS) is 10.9. The average Bonchev–Trinajstić information content (AvgIpc) is 3.14. The predicted molar refractivity (Wildman–Crippen MR) is 117 cm³/mol. The fourth-order valence-electron chi connectivity index (χ4n) is 3.61. The topological polar surface area (TPSA) is 45.8 Å². The van der Waals surface area contributed by atoms with Crippen LogP contribution in [-0.4, -0.2) is 12.7 Å². The van der Waals surface area contributed by atoms with E-state index in [1.165, 1.54) is 0 Å². The number of fused-ring (bicyclic) bond motifs is 3. The summed E-state index contributed by atoms with van der Waals surface area (Å²) >= 11 is 0. The maximum atomic E-state index is 8.85. The highest BCUT2D eigenvalue weighted by atomic mass is 16.5. The van der Waals surface area contributed by atoms with Crippen molar-refractivity contribution >= 4 is 46.7 Å². The van der Waals surface area contributed by atoms with Crippen molar-refractivity contribution in [3.05, 3.63) is 97.1 Å². The molecule has 1 N–H and O–H groups in total. The van der Waals surface area contributed by atoms with Crippen LogP contribution in [0.5, 0.6) is 5.75 Å². The highest BCUT2D eigenvalue weighted by Gasteiger charge is 2.15. The number of hydrogen-bond donors (Lipinski definition) is 1. The zero-order valence-electron chi connectivity index (χ0n) is 15.5. The van der Waals surface area contributed by atoms with Crippen molar-refractivity contribution in [1.82, 2.24) is 0 Å². The second kappa shape index (κ2) is 7.38. The van der Waals surface area contributed by atoms with Crippen molar-refractivity contribution in [1.29, 1.82) is 0 Å². The van der Waals surface area contributed by atoms with Crippen LogP contribution >= 0.6 is 0 Å². The molecule has 0 saturated heterocycles. The molecule has 0 aliphatic heterocycles. The second-order valence-electron chi connectivity index (χ2n) is 6.67. The first-order valence-electron chi connectivity index (χ1n) is 9.32. The van der Waals surface area contributed by atoms with Crippen LogP contribution in [0, 0.1) is 0 Å². The minimum Gasteiger partial charge on any atom is -0.537 e. The molecule has 5 aromatic rings. The lowest BCUT2D eigenvalue weighted by molar-refractivity contribution is 0.454. The molecular formula is C24H17BNO3. The molecule has 29 heavy (non-hydrogen) atoms. The molecule has 5 heteroatoms. The van der Waals surface area contributed by atoms with E-state index in [9.17, 15) is 0 Å². The molecule has 4 aromatic carbocycles. The number of para-hydroxylation sites is 2. The summed E-state index contributed by atoms with van der Waals surface area (Å²) in [6.07, 6.45) is 0. The largest absolute Gasteiger partial charge is 0.569 e. The van der Waals surface area contributed by atoms with Gasteiger partial charge in [-0.1, -0.05) is 36.4 Å². The van der Waals surface area contributed by atoms with E-state index in [0.717, 1.165) is 39.0 Å². The Balaban J connectivity index is 1.65. The van der Waals surface area contributed by atoms with Crippen LogP contribution in [-0.2, 0) is 0 Å². The molecule has 0 amide bonds. The van der Waals surface area contributed by atoms with Crippen molar-refractivity contribution in [3.8, 4) is 5.75 Å². The molecule has 0 bridgehead atoms. The minimum atomic E-state index is 0.567. The van der Waals surface area contributed by atoms with Gasteiger partial charge in [-0.25, -0.2) is 0 Å². The number of rotatable bonds is 5. The van der Waals surface area contributed by atoms with Crippen LogP contribution < -0.4 is 9.55 Å². The summed E-state index contributed by atoms with van der Waals surface area (Å²) in [7, 11) is 0.680. The number of nitrogens with zero attached hydrogens (tertiary/aromatic N) is 1. The van der Waals surface area contributed by atoms with Crippen LogP contribution in [0.15, 0.2) is 101 Å². The first-order chi connectivity index (χ1) is 14.3. The fraction of sp³-hybridized carbons (Fsp3) is 0. The van der Waals surface area contributed by atoms with Gasteiger partial charge in [0.2, 0.25) is 0 Å². The predicted octanol–water partition coefficient (Wildman–Crippen LogP) is 5.96. The Bertz CT molecular complexity index is 1270. The lowest BCUT2D eigenvalue weighted by Crippen LogP contribution is -2.09. The van der Waals surface area contributed by atoms with E-state index in [1.807, 2.05) is 60.7 Å². The Morgan fingerprint density at radius 2 is 1.31 bits per heavy atom. The van der Waals surface area contributed by atoms with Gasteiger partial charge >= 0.3 is 7.69 Å². The molecule has 4 nitrogen and oxygen atoms in total. The zero-order valence-corrected chi connectivity index (χ0v) is 15.5. The van der Waals surface area contributed by atoms with Gasteiger partial charge in [0, 0.05) is 33.9 Å². The Kier molecular flexibility index (Phi) is 4.43. The molecule has 0 spiro atoms. The SMILES string of the molecule is O[B]Oc1ccc(N(c2ccccc2)c2ccc3c(c2)oc2ccccc23)cc1. The number of benzene rings is 4. The summed E-state index contributed by atoms with van der Waals surface area (Å²) in [5.41, 5.74) is 4.72. The Morgan fingerprint density at radius 1 is 0.655 bits per heavy atom. The fourth-order valence-corrected chi connectivity index (χ4v) is 3.61. The van der Waals surface area contributed by atoms with Gasteiger partial charge in [0.15, 0.2) is 0 Å². The van der Waals surface area contributed by atoms with Crippen molar-refractivity contribution in [3.63, 3.8) is 0 Å². The maximum Gasteiger partial charge on any atom is 0.569 e. The van der Waals surface area contributed by atoms with E-state index in [4.69, 9.17) is 14.1 Å². The van der Waals surface area contributed by atoms with E-state index in [2.05, 4.69) is 41.3 Å². The number of anilines is 3. The minimum absolute atomic E-state index is 0.567. The summed E-state index contributed by atoms with van der Waals surface area (Å²) < 4.78 is 11.1. The van der Waals surface area contributed by atoms with E-state index in [0.29, 0.717) is 13.4 Å². The summed E-state index contributed by atoms with van der Waals surface area (Å²) in [6, 6.07) is 32.0. The molecule has 1 heterocycles. The van der Waals surface area contributed by atoms with E-state index in [-0.39, 0.29) is 0 Å². The molecule has 139 valence electrons. The smallest absolute Gasteiger partial charge is 0.537 e. The molecule has 0 saturated carbocycles. The van der Waals surface area contributed by atoms with Gasteiger partial charge in [-0.3, -0.25) is 0 Å². The van der Waals surface area contributed by atoms with Crippen LogP contribution in [0.2, 0.25) is 0 Å². The van der Waals surface area contributed by atoms with Gasteiger partial charge in [-0.15, -0.1) is 0 Å². The van der Waals surface area contributed by atoms with Crippen LogP contribution in [0.25, 0.3) is 21.9 Å². The lowest BCUT2D eigenvalue weighted by atomic mass is 10.1. The molecule has 0 aliphatic carbocycles. The van der Waals surface area contributed by atoms with Gasteiger partial charge < -0.3 is 19.0 Å². The highest BCUT2D eigenvalue weighted by molar-refractivity contribution is 6.17. The van der Waals surface area contributed by atoms with Crippen molar-refractivity contribution in [2.75, 3.05) is 4.90 Å². The molecule has 0 fully saturated rings. The lowest BCUT2D eigenvalue weighted by Gasteiger charge is -2.25. The van der Waals surface area contributed by atoms with Gasteiger partial charge in [-0.05, 0) is 54.6 Å². The molecule has 5 rings (SSSR count). The second-order valence-corrected chi connectivity index (χ2v) is 6.67. The quantitative estimate of drug-likeness (QED) is 0.383. The molecule has 0 unspecified atom stereocenters. The van der Waals surface area contributed by atoms with E-state index >= 15 is 0 Å². The molecule has 1 aromatic heterocycles. The molecule has 0 aliphatic rings. The van der Waals surface area contributed by atoms with E-state index < -0.39 is 0 Å². The van der Waals surface area contributed by atoms with Crippen molar-refractivity contribution in [2.45, 2.75) is 0 Å².